The number of hydrogen-bond acceptors (Lipinski definition) is 4. The van der Waals surface area contributed by atoms with Crippen LogP contribution in [0.3, 0.4) is 0 Å². The van der Waals surface area contributed by atoms with Crippen LogP contribution >= 0.6 is 34.0 Å². The molecule has 80 valence electrons. The molecule has 0 unspecified atom stereocenters. The second kappa shape index (κ2) is 8.29. The summed E-state index contributed by atoms with van der Waals surface area (Å²) in [5, 5.41) is 0. The lowest BCUT2D eigenvalue weighted by molar-refractivity contribution is 0.414. The molecule has 0 aromatic heterocycles. The summed E-state index contributed by atoms with van der Waals surface area (Å²) in [6.07, 6.45) is 0. The summed E-state index contributed by atoms with van der Waals surface area (Å²) < 4.78 is 5.06. The fourth-order valence-electron chi connectivity index (χ4n) is 0.789. The Morgan fingerprint density at radius 1 is 1.29 bits per heavy atom. The van der Waals surface area contributed by atoms with Crippen LogP contribution in [0.1, 0.15) is 0 Å². The number of hydrogen-bond donors (Lipinski definition) is 1. The van der Waals surface area contributed by atoms with Gasteiger partial charge in [-0.2, -0.15) is 0 Å². The topological polar surface area (TPSA) is 35.2 Å². The van der Waals surface area contributed by atoms with Crippen molar-refractivity contribution in [3.05, 3.63) is 24.3 Å². The van der Waals surface area contributed by atoms with Gasteiger partial charge in [-0.15, -0.1) is 12.4 Å². The molecule has 0 spiro atoms. The molecule has 0 aliphatic carbocycles. The lowest BCUT2D eigenvalue weighted by Crippen LogP contribution is -1.99. The highest BCUT2D eigenvalue weighted by atomic mass is 35.5. The molecule has 2 N–H and O–H groups in total. The first-order valence-corrected chi connectivity index (χ1v) is 6.32. The Bertz CT molecular complexity index is 243. The zero-order valence-corrected chi connectivity index (χ0v) is 10.4. The van der Waals surface area contributed by atoms with E-state index in [1.165, 1.54) is 4.90 Å². The van der Waals surface area contributed by atoms with Gasteiger partial charge < -0.3 is 10.5 Å². The van der Waals surface area contributed by atoms with Crippen molar-refractivity contribution in [2.75, 3.05) is 19.4 Å². The van der Waals surface area contributed by atoms with Crippen molar-refractivity contribution in [3.8, 4) is 5.75 Å². The highest BCUT2D eigenvalue weighted by molar-refractivity contribution is 8.76. The Morgan fingerprint density at radius 3 is 2.43 bits per heavy atom. The predicted molar refractivity (Wildman–Crippen MR) is 67.6 cm³/mol. The maximum Gasteiger partial charge on any atom is 0.118 e. The summed E-state index contributed by atoms with van der Waals surface area (Å²) in [5.41, 5.74) is 5.38. The van der Waals surface area contributed by atoms with Crippen molar-refractivity contribution >= 4 is 34.0 Å². The minimum atomic E-state index is 0. The molecule has 0 bridgehead atoms. The largest absolute Gasteiger partial charge is 0.497 e. The molecule has 1 aromatic carbocycles. The van der Waals surface area contributed by atoms with Crippen LogP contribution in [0.15, 0.2) is 29.2 Å². The summed E-state index contributed by atoms with van der Waals surface area (Å²) in [6, 6.07) is 8.02. The van der Waals surface area contributed by atoms with E-state index >= 15 is 0 Å². The molecule has 0 heterocycles. The van der Waals surface area contributed by atoms with Crippen LogP contribution in [-0.4, -0.2) is 19.4 Å². The molecule has 5 heteroatoms. The Morgan fingerprint density at radius 2 is 1.93 bits per heavy atom. The zero-order chi connectivity index (χ0) is 9.52. The van der Waals surface area contributed by atoms with Crippen LogP contribution < -0.4 is 10.5 Å². The third-order valence-electron chi connectivity index (χ3n) is 1.42. The molecule has 0 radical (unpaired) electrons. The zero-order valence-electron chi connectivity index (χ0n) is 7.93. The normalized spacial score (nSPS) is 9.29. The quantitative estimate of drug-likeness (QED) is 0.645. The third kappa shape index (κ3) is 5.00. The van der Waals surface area contributed by atoms with Gasteiger partial charge in [-0.3, -0.25) is 0 Å². The Balaban J connectivity index is 0.00000169. The molecule has 0 fully saturated rings. The fraction of sp³-hybridized carbons (Fsp3) is 0.333. The van der Waals surface area contributed by atoms with Crippen LogP contribution in [0, 0.1) is 0 Å². The van der Waals surface area contributed by atoms with Gasteiger partial charge >= 0.3 is 0 Å². The Kier molecular flexibility index (Phi) is 8.27. The van der Waals surface area contributed by atoms with Crippen molar-refractivity contribution in [1.29, 1.82) is 0 Å². The molecule has 1 rings (SSSR count). The summed E-state index contributed by atoms with van der Waals surface area (Å²) in [5.74, 6) is 1.88. The fourth-order valence-corrected chi connectivity index (χ4v) is 2.63. The van der Waals surface area contributed by atoms with Gasteiger partial charge in [0.25, 0.3) is 0 Å². The first kappa shape index (κ1) is 14.0. The molecular weight excluding hydrogens is 238 g/mol. The van der Waals surface area contributed by atoms with Gasteiger partial charge in [0.15, 0.2) is 0 Å². The Hall–Kier alpha value is -0.0300. The molecule has 0 saturated carbocycles. The number of halogens is 1. The maximum atomic E-state index is 5.38. The standard InChI is InChI=1S/C9H13NOS2.ClH/c1-11-8-2-4-9(5-3-8)13-12-7-6-10;/h2-5H,6-7,10H2,1H3;1H. The predicted octanol–water partition coefficient (Wildman–Crippen LogP) is 2.82. The van der Waals surface area contributed by atoms with Crippen molar-refractivity contribution in [2.45, 2.75) is 4.90 Å². The van der Waals surface area contributed by atoms with Gasteiger partial charge in [0, 0.05) is 17.2 Å². The molecule has 0 saturated heterocycles. The van der Waals surface area contributed by atoms with Crippen LogP contribution in [-0.2, 0) is 0 Å². The van der Waals surface area contributed by atoms with Crippen molar-refractivity contribution < 1.29 is 4.74 Å². The second-order valence-corrected chi connectivity index (χ2v) is 4.86. The highest BCUT2D eigenvalue weighted by Crippen LogP contribution is 2.31. The van der Waals surface area contributed by atoms with Crippen molar-refractivity contribution in [2.24, 2.45) is 5.73 Å². The first-order valence-electron chi connectivity index (χ1n) is 4.00. The third-order valence-corrected chi connectivity index (χ3v) is 3.83. The average Bonchev–Trinajstić information content (AvgIpc) is 2.19. The average molecular weight is 252 g/mol. The van der Waals surface area contributed by atoms with E-state index in [1.54, 1.807) is 28.7 Å². The lowest BCUT2D eigenvalue weighted by atomic mass is 10.3. The molecule has 1 aromatic rings. The van der Waals surface area contributed by atoms with Crippen LogP contribution in [0.2, 0.25) is 0 Å². The van der Waals surface area contributed by atoms with Gasteiger partial charge in [0.2, 0.25) is 0 Å². The van der Waals surface area contributed by atoms with E-state index in [2.05, 4.69) is 0 Å². The van der Waals surface area contributed by atoms with Crippen LogP contribution in [0.4, 0.5) is 0 Å². The molecule has 0 atom stereocenters. The van der Waals surface area contributed by atoms with Gasteiger partial charge in [-0.1, -0.05) is 21.6 Å². The van der Waals surface area contributed by atoms with Crippen LogP contribution in [0.25, 0.3) is 0 Å². The summed E-state index contributed by atoms with van der Waals surface area (Å²) in [6.45, 7) is 0.730. The summed E-state index contributed by atoms with van der Waals surface area (Å²) >= 11 is 0. The van der Waals surface area contributed by atoms with Gasteiger partial charge in [0.1, 0.15) is 5.75 Å². The maximum absolute atomic E-state index is 5.38. The van der Waals surface area contributed by atoms with E-state index in [1.807, 2.05) is 24.3 Å². The van der Waals surface area contributed by atoms with E-state index in [4.69, 9.17) is 10.5 Å². The number of methoxy groups -OCH3 is 1. The molecule has 2 nitrogen and oxygen atoms in total. The van der Waals surface area contributed by atoms with E-state index in [0.29, 0.717) is 0 Å². The van der Waals surface area contributed by atoms with Crippen LogP contribution in [0.5, 0.6) is 5.75 Å². The number of rotatable bonds is 5. The molecule has 0 amide bonds. The van der Waals surface area contributed by atoms with Gasteiger partial charge in [-0.05, 0) is 24.3 Å². The summed E-state index contributed by atoms with van der Waals surface area (Å²) in [7, 11) is 5.19. The van der Waals surface area contributed by atoms with E-state index < -0.39 is 0 Å². The SMILES string of the molecule is COc1ccc(SSCCN)cc1.Cl. The molecule has 0 aliphatic rings. The monoisotopic (exact) mass is 251 g/mol. The minimum absolute atomic E-state index is 0. The van der Waals surface area contributed by atoms with E-state index in [9.17, 15) is 0 Å². The molecule has 14 heavy (non-hydrogen) atoms. The van der Waals surface area contributed by atoms with Crippen molar-refractivity contribution in [1.82, 2.24) is 0 Å². The highest BCUT2D eigenvalue weighted by Gasteiger charge is 1.94. The summed E-state index contributed by atoms with van der Waals surface area (Å²) in [4.78, 5) is 1.24. The lowest BCUT2D eigenvalue weighted by Gasteiger charge is -2.01. The number of benzene rings is 1. The first-order chi connectivity index (χ1) is 6.36. The molecular formula is C9H14ClNOS2. The van der Waals surface area contributed by atoms with Crippen molar-refractivity contribution in [3.63, 3.8) is 0 Å². The van der Waals surface area contributed by atoms with E-state index in [-0.39, 0.29) is 12.4 Å². The minimum Gasteiger partial charge on any atom is -0.497 e. The second-order valence-electron chi connectivity index (χ2n) is 2.37. The van der Waals surface area contributed by atoms with E-state index in [0.717, 1.165) is 18.0 Å². The Labute approximate surface area is 98.8 Å². The van der Waals surface area contributed by atoms with Gasteiger partial charge in [0.05, 0.1) is 7.11 Å². The number of ether oxygens (including phenoxy) is 1. The molecule has 0 aliphatic heterocycles. The number of nitrogens with two attached hydrogens (primary N) is 1. The van der Waals surface area contributed by atoms with Gasteiger partial charge in [-0.25, -0.2) is 0 Å². The smallest absolute Gasteiger partial charge is 0.118 e.